The third-order valence-electron chi connectivity index (χ3n) is 1.24. The van der Waals surface area contributed by atoms with Crippen molar-refractivity contribution >= 4 is 27.5 Å². The van der Waals surface area contributed by atoms with Gasteiger partial charge in [0.1, 0.15) is 0 Å². The van der Waals surface area contributed by atoms with Gasteiger partial charge in [0.15, 0.2) is 0 Å². The molecule has 0 bridgehead atoms. The van der Waals surface area contributed by atoms with E-state index in [9.17, 15) is 4.79 Å². The summed E-state index contributed by atoms with van der Waals surface area (Å²) < 4.78 is 0. The molecule has 1 rings (SSSR count). The van der Waals surface area contributed by atoms with Crippen molar-refractivity contribution in [3.8, 4) is 0 Å². The quantitative estimate of drug-likeness (QED) is 0.598. The molecule has 0 aliphatic heterocycles. The Balaban J connectivity index is 2.17. The molecule has 13 heavy (non-hydrogen) atoms. The van der Waals surface area contributed by atoms with Crippen LogP contribution in [0, 0.1) is 0 Å². The molecule has 0 radical (unpaired) electrons. The van der Waals surface area contributed by atoms with Gasteiger partial charge in [-0.25, -0.2) is 0 Å². The zero-order chi connectivity index (χ0) is 9.52. The minimum absolute atomic E-state index is 0.247. The summed E-state index contributed by atoms with van der Waals surface area (Å²) in [5, 5.41) is 0. The molecule has 70 valence electrons. The van der Waals surface area contributed by atoms with Crippen LogP contribution >= 0.6 is 21.6 Å². The van der Waals surface area contributed by atoms with Gasteiger partial charge in [-0.2, -0.15) is 0 Å². The van der Waals surface area contributed by atoms with E-state index in [1.54, 1.807) is 34.0 Å². The van der Waals surface area contributed by atoms with Crippen molar-refractivity contribution in [2.24, 2.45) is 5.73 Å². The maximum Gasteiger partial charge on any atom is 0.218 e. The summed E-state index contributed by atoms with van der Waals surface area (Å²) >= 11 is 0. The number of hydrogen-bond acceptors (Lipinski definition) is 4. The van der Waals surface area contributed by atoms with E-state index in [2.05, 4.69) is 4.98 Å². The number of carbonyl (C=O) groups excluding carboxylic acids is 1. The number of aromatic nitrogens is 1. The van der Waals surface area contributed by atoms with Gasteiger partial charge < -0.3 is 5.73 Å². The van der Waals surface area contributed by atoms with Crippen molar-refractivity contribution in [3.05, 3.63) is 24.5 Å². The Morgan fingerprint density at radius 2 is 2.15 bits per heavy atom. The van der Waals surface area contributed by atoms with Gasteiger partial charge in [0.25, 0.3) is 0 Å². The molecule has 0 aromatic carbocycles. The average Bonchev–Trinajstić information content (AvgIpc) is 2.14. The van der Waals surface area contributed by atoms with Gasteiger partial charge in [0, 0.05) is 29.5 Å². The number of primary amides is 1. The van der Waals surface area contributed by atoms with Crippen LogP contribution in [0.3, 0.4) is 0 Å². The summed E-state index contributed by atoms with van der Waals surface area (Å²) in [6, 6.07) is 3.86. The van der Waals surface area contributed by atoms with Gasteiger partial charge in [-0.15, -0.1) is 0 Å². The average molecular weight is 214 g/mol. The van der Waals surface area contributed by atoms with Crippen LogP contribution in [-0.2, 0) is 4.79 Å². The SMILES string of the molecule is NC(=O)CCSSc1ccncc1. The van der Waals surface area contributed by atoms with Gasteiger partial charge in [-0.05, 0) is 12.1 Å². The fourth-order valence-corrected chi connectivity index (χ4v) is 2.62. The normalized spacial score (nSPS) is 9.85. The molecule has 3 nitrogen and oxygen atoms in total. The lowest BCUT2D eigenvalue weighted by molar-refractivity contribution is -0.117. The fourth-order valence-electron chi connectivity index (χ4n) is 0.646. The predicted molar refractivity (Wildman–Crippen MR) is 56.4 cm³/mol. The van der Waals surface area contributed by atoms with Gasteiger partial charge in [0.05, 0.1) is 0 Å². The lowest BCUT2D eigenvalue weighted by Crippen LogP contribution is -2.10. The number of carbonyl (C=O) groups is 1. The Morgan fingerprint density at radius 3 is 2.77 bits per heavy atom. The van der Waals surface area contributed by atoms with Crippen molar-refractivity contribution in [2.75, 3.05) is 5.75 Å². The van der Waals surface area contributed by atoms with Gasteiger partial charge in [-0.3, -0.25) is 9.78 Å². The predicted octanol–water partition coefficient (Wildman–Crippen LogP) is 1.70. The second kappa shape index (κ2) is 5.88. The topological polar surface area (TPSA) is 56.0 Å². The Hall–Kier alpha value is -0.680. The van der Waals surface area contributed by atoms with E-state index in [-0.39, 0.29) is 5.91 Å². The Kier molecular flexibility index (Phi) is 4.70. The van der Waals surface area contributed by atoms with Crippen molar-refractivity contribution in [1.82, 2.24) is 4.98 Å². The largest absolute Gasteiger partial charge is 0.370 e. The number of rotatable bonds is 5. The monoisotopic (exact) mass is 214 g/mol. The summed E-state index contributed by atoms with van der Waals surface area (Å²) in [7, 11) is 3.25. The molecule has 0 saturated heterocycles. The molecule has 0 spiro atoms. The molecule has 5 heteroatoms. The van der Waals surface area contributed by atoms with Crippen LogP contribution < -0.4 is 5.73 Å². The number of nitrogens with two attached hydrogens (primary N) is 1. The van der Waals surface area contributed by atoms with Crippen molar-refractivity contribution in [3.63, 3.8) is 0 Å². The van der Waals surface area contributed by atoms with Gasteiger partial charge >= 0.3 is 0 Å². The zero-order valence-corrected chi connectivity index (χ0v) is 8.61. The first-order chi connectivity index (χ1) is 6.29. The summed E-state index contributed by atoms with van der Waals surface area (Å²) in [5.74, 6) is 0.505. The first-order valence-electron chi connectivity index (χ1n) is 3.77. The van der Waals surface area contributed by atoms with Gasteiger partial charge in [-0.1, -0.05) is 21.6 Å². The summed E-state index contributed by atoms with van der Waals surface area (Å²) in [5.41, 5.74) is 5.00. The first kappa shape index (κ1) is 10.4. The molecule has 0 atom stereocenters. The Morgan fingerprint density at radius 1 is 1.46 bits per heavy atom. The highest BCUT2D eigenvalue weighted by molar-refractivity contribution is 8.76. The van der Waals surface area contributed by atoms with E-state index >= 15 is 0 Å². The molecular weight excluding hydrogens is 204 g/mol. The lowest BCUT2D eigenvalue weighted by Gasteiger charge is -1.98. The van der Waals surface area contributed by atoms with Crippen LogP contribution in [0.5, 0.6) is 0 Å². The smallest absolute Gasteiger partial charge is 0.218 e. The first-order valence-corrected chi connectivity index (χ1v) is 6.09. The molecule has 1 heterocycles. The van der Waals surface area contributed by atoms with Gasteiger partial charge in [0.2, 0.25) is 5.91 Å². The third-order valence-corrected chi connectivity index (χ3v) is 3.62. The molecule has 1 amide bonds. The minimum atomic E-state index is -0.247. The molecule has 0 unspecified atom stereocenters. The maximum atomic E-state index is 10.4. The van der Waals surface area contributed by atoms with Crippen LogP contribution in [-0.4, -0.2) is 16.6 Å². The number of hydrogen-bond donors (Lipinski definition) is 1. The fraction of sp³-hybridized carbons (Fsp3) is 0.250. The molecular formula is C8H10N2OS2. The van der Waals surface area contributed by atoms with Crippen LogP contribution in [0.1, 0.15) is 6.42 Å². The molecule has 0 saturated carbocycles. The van der Waals surface area contributed by atoms with E-state index in [4.69, 9.17) is 5.73 Å². The molecule has 0 fully saturated rings. The van der Waals surface area contributed by atoms with Crippen LogP contribution in [0.15, 0.2) is 29.4 Å². The molecule has 1 aromatic heterocycles. The van der Waals surface area contributed by atoms with E-state index in [0.717, 1.165) is 10.6 Å². The highest BCUT2D eigenvalue weighted by atomic mass is 33.1. The van der Waals surface area contributed by atoms with E-state index < -0.39 is 0 Å². The number of nitrogens with zero attached hydrogens (tertiary/aromatic N) is 1. The summed E-state index contributed by atoms with van der Waals surface area (Å²) in [6.07, 6.45) is 3.93. The lowest BCUT2D eigenvalue weighted by atomic mass is 10.5. The Labute approximate surface area is 84.9 Å². The van der Waals surface area contributed by atoms with Crippen LogP contribution in [0.4, 0.5) is 0 Å². The van der Waals surface area contributed by atoms with E-state index in [1.165, 1.54) is 0 Å². The second-order valence-corrected chi connectivity index (χ2v) is 4.79. The minimum Gasteiger partial charge on any atom is -0.370 e. The van der Waals surface area contributed by atoms with Crippen LogP contribution in [0.2, 0.25) is 0 Å². The molecule has 1 aromatic rings. The van der Waals surface area contributed by atoms with Crippen molar-refractivity contribution < 1.29 is 4.79 Å². The van der Waals surface area contributed by atoms with Crippen LogP contribution in [0.25, 0.3) is 0 Å². The number of amides is 1. The van der Waals surface area contributed by atoms with Crippen molar-refractivity contribution in [1.29, 1.82) is 0 Å². The third kappa shape index (κ3) is 4.80. The molecule has 0 aliphatic rings. The number of pyridine rings is 1. The summed E-state index contributed by atoms with van der Waals surface area (Å²) in [6.45, 7) is 0. The highest BCUT2D eigenvalue weighted by Crippen LogP contribution is 2.30. The second-order valence-electron chi connectivity index (χ2n) is 2.30. The van der Waals surface area contributed by atoms with Crippen molar-refractivity contribution in [2.45, 2.75) is 11.3 Å². The maximum absolute atomic E-state index is 10.4. The van der Waals surface area contributed by atoms with E-state index in [1.807, 2.05) is 12.1 Å². The Bertz CT molecular complexity index is 266. The standard InChI is InChI=1S/C8H10N2OS2/c9-8(11)3-6-12-13-7-1-4-10-5-2-7/h1-2,4-5H,3,6H2,(H2,9,11). The summed E-state index contributed by atoms with van der Waals surface area (Å²) in [4.78, 5) is 15.4. The van der Waals surface area contributed by atoms with E-state index in [0.29, 0.717) is 6.42 Å². The molecule has 2 N–H and O–H groups in total. The molecule has 0 aliphatic carbocycles. The highest BCUT2D eigenvalue weighted by Gasteiger charge is 1.96. The zero-order valence-electron chi connectivity index (χ0n) is 6.97.